The zero-order chi connectivity index (χ0) is 16.2. The topological polar surface area (TPSA) is 35.5 Å². The van der Waals surface area contributed by atoms with E-state index >= 15 is 0 Å². The maximum Gasteiger partial charge on any atom is 0.225 e. The van der Waals surface area contributed by atoms with Gasteiger partial charge in [0.25, 0.3) is 0 Å². The number of anilines is 1. The van der Waals surface area contributed by atoms with E-state index in [1.807, 2.05) is 12.4 Å². The number of aromatic nitrogens is 2. The molecule has 2 saturated heterocycles. The molecule has 0 amide bonds. The van der Waals surface area contributed by atoms with Crippen LogP contribution >= 0.6 is 0 Å². The van der Waals surface area contributed by atoms with Gasteiger partial charge in [0.2, 0.25) is 5.95 Å². The first-order chi connectivity index (χ1) is 11.2. The van der Waals surface area contributed by atoms with Gasteiger partial charge in [-0.1, -0.05) is 6.92 Å². The molecule has 128 valence electrons. The first kappa shape index (κ1) is 16.7. The Morgan fingerprint density at radius 1 is 1.09 bits per heavy atom. The molecule has 0 bridgehead atoms. The van der Waals surface area contributed by atoms with Gasteiger partial charge >= 0.3 is 0 Å². The maximum absolute atomic E-state index is 4.59. The van der Waals surface area contributed by atoms with E-state index in [4.69, 9.17) is 0 Å². The summed E-state index contributed by atoms with van der Waals surface area (Å²) in [4.78, 5) is 16.7. The first-order valence-electron chi connectivity index (χ1n) is 9.21. The van der Waals surface area contributed by atoms with E-state index in [-0.39, 0.29) is 0 Å². The molecule has 3 rings (SSSR count). The molecule has 1 aromatic rings. The van der Waals surface area contributed by atoms with Crippen molar-refractivity contribution >= 4 is 5.95 Å². The van der Waals surface area contributed by atoms with Crippen LogP contribution in [-0.4, -0.2) is 64.6 Å². The lowest BCUT2D eigenvalue weighted by Crippen LogP contribution is -2.54. The van der Waals surface area contributed by atoms with Gasteiger partial charge in [-0.25, -0.2) is 9.97 Å². The largest absolute Gasteiger partial charge is 0.341 e. The molecule has 0 spiro atoms. The second kappa shape index (κ2) is 7.58. The fraction of sp³-hybridized carbons (Fsp3) is 0.778. The minimum Gasteiger partial charge on any atom is -0.341 e. The van der Waals surface area contributed by atoms with Crippen molar-refractivity contribution in [2.24, 2.45) is 0 Å². The van der Waals surface area contributed by atoms with Crippen LogP contribution in [0.25, 0.3) is 0 Å². The van der Waals surface area contributed by atoms with Crippen molar-refractivity contribution in [3.8, 4) is 0 Å². The lowest BCUT2D eigenvalue weighted by Gasteiger charge is -2.43. The van der Waals surface area contributed by atoms with Gasteiger partial charge in [0, 0.05) is 69.3 Å². The average Bonchev–Trinajstić information content (AvgIpc) is 3.09. The molecule has 1 atom stereocenters. The summed E-state index contributed by atoms with van der Waals surface area (Å²) in [6.45, 7) is 13.6. The summed E-state index contributed by atoms with van der Waals surface area (Å²) in [6.07, 6.45) is 7.80. The normalized spacial score (nSPS) is 23.8. The summed E-state index contributed by atoms with van der Waals surface area (Å²) in [5, 5.41) is 0. The third-order valence-corrected chi connectivity index (χ3v) is 5.23. The van der Waals surface area contributed by atoms with E-state index in [0.29, 0.717) is 12.1 Å². The number of piperazine rings is 1. The molecule has 23 heavy (non-hydrogen) atoms. The lowest BCUT2D eigenvalue weighted by molar-refractivity contribution is 0.0456. The van der Waals surface area contributed by atoms with Gasteiger partial charge in [-0.2, -0.15) is 0 Å². The van der Waals surface area contributed by atoms with Crippen LogP contribution in [0.2, 0.25) is 0 Å². The zero-order valence-corrected chi connectivity index (χ0v) is 14.9. The maximum atomic E-state index is 4.59. The van der Waals surface area contributed by atoms with E-state index in [2.05, 4.69) is 45.4 Å². The predicted octanol–water partition coefficient (Wildman–Crippen LogP) is 2.38. The zero-order valence-electron chi connectivity index (χ0n) is 14.9. The minimum atomic E-state index is 0.644. The average molecular weight is 317 g/mol. The molecule has 0 aliphatic carbocycles. The van der Waals surface area contributed by atoms with Crippen LogP contribution < -0.4 is 4.90 Å². The van der Waals surface area contributed by atoms with Crippen LogP contribution in [0.15, 0.2) is 12.4 Å². The Balaban J connectivity index is 1.57. The highest BCUT2D eigenvalue weighted by atomic mass is 15.3. The Bertz CT molecular complexity index is 481. The molecular formula is C18H31N5. The van der Waals surface area contributed by atoms with Crippen molar-refractivity contribution in [1.29, 1.82) is 0 Å². The Labute approximate surface area is 140 Å². The molecule has 2 aliphatic heterocycles. The third kappa shape index (κ3) is 4.01. The van der Waals surface area contributed by atoms with Gasteiger partial charge in [0.15, 0.2) is 0 Å². The highest BCUT2D eigenvalue weighted by Gasteiger charge is 2.27. The Morgan fingerprint density at radius 3 is 2.39 bits per heavy atom. The summed E-state index contributed by atoms with van der Waals surface area (Å²) >= 11 is 0. The molecular weight excluding hydrogens is 286 g/mol. The van der Waals surface area contributed by atoms with Crippen LogP contribution in [0.1, 0.15) is 45.6 Å². The summed E-state index contributed by atoms with van der Waals surface area (Å²) in [5.74, 6) is 0.905. The molecule has 2 fully saturated rings. The Morgan fingerprint density at radius 2 is 1.78 bits per heavy atom. The van der Waals surface area contributed by atoms with Crippen molar-refractivity contribution in [3.63, 3.8) is 0 Å². The van der Waals surface area contributed by atoms with E-state index in [9.17, 15) is 0 Å². The molecule has 1 aromatic heterocycles. The molecule has 0 saturated carbocycles. The summed E-state index contributed by atoms with van der Waals surface area (Å²) < 4.78 is 0. The van der Waals surface area contributed by atoms with Gasteiger partial charge in [-0.3, -0.25) is 9.80 Å². The van der Waals surface area contributed by atoms with Gasteiger partial charge < -0.3 is 4.90 Å². The number of hydrogen-bond donors (Lipinski definition) is 0. The van der Waals surface area contributed by atoms with Crippen molar-refractivity contribution in [3.05, 3.63) is 18.0 Å². The van der Waals surface area contributed by atoms with E-state index < -0.39 is 0 Å². The monoisotopic (exact) mass is 317 g/mol. The molecule has 0 aromatic carbocycles. The minimum absolute atomic E-state index is 0.644. The number of nitrogens with zero attached hydrogens (tertiary/aromatic N) is 5. The van der Waals surface area contributed by atoms with Crippen molar-refractivity contribution in [1.82, 2.24) is 19.8 Å². The quantitative estimate of drug-likeness (QED) is 0.833. The van der Waals surface area contributed by atoms with Crippen LogP contribution in [0.3, 0.4) is 0 Å². The second-order valence-corrected chi connectivity index (χ2v) is 7.21. The SMILES string of the molecule is CC[C@@H]1CN(Cc2cnc(N3CCCC3)nc2)CCN1C(C)C. The Kier molecular flexibility index (Phi) is 5.49. The second-order valence-electron chi connectivity index (χ2n) is 7.21. The van der Waals surface area contributed by atoms with Crippen molar-refractivity contribution in [2.45, 2.75) is 58.7 Å². The standard InChI is InChI=1S/C18H31N5/c1-4-17-14-21(9-10-23(17)15(2)3)13-16-11-19-18(20-12-16)22-7-5-6-8-22/h11-12,15,17H,4-10,13-14H2,1-3H3/t17-/m1/s1. The Hall–Kier alpha value is -1.20. The van der Waals surface area contributed by atoms with Crippen LogP contribution in [-0.2, 0) is 6.54 Å². The fourth-order valence-electron chi connectivity index (χ4n) is 3.89. The summed E-state index contributed by atoms with van der Waals surface area (Å²) in [6, 6.07) is 1.32. The van der Waals surface area contributed by atoms with Gasteiger partial charge in [0.1, 0.15) is 0 Å². The third-order valence-electron chi connectivity index (χ3n) is 5.23. The molecule has 0 unspecified atom stereocenters. The molecule has 3 heterocycles. The molecule has 5 nitrogen and oxygen atoms in total. The number of rotatable bonds is 5. The van der Waals surface area contributed by atoms with Gasteiger partial charge in [-0.05, 0) is 33.1 Å². The molecule has 0 radical (unpaired) electrons. The van der Waals surface area contributed by atoms with E-state index in [1.165, 1.54) is 31.4 Å². The van der Waals surface area contributed by atoms with Crippen LogP contribution in [0.4, 0.5) is 5.95 Å². The van der Waals surface area contributed by atoms with Crippen LogP contribution in [0.5, 0.6) is 0 Å². The van der Waals surface area contributed by atoms with Crippen LogP contribution in [0, 0.1) is 0 Å². The predicted molar refractivity (Wildman–Crippen MR) is 94.7 cm³/mol. The van der Waals surface area contributed by atoms with Crippen molar-refractivity contribution < 1.29 is 0 Å². The van der Waals surface area contributed by atoms with Crippen molar-refractivity contribution in [2.75, 3.05) is 37.6 Å². The first-order valence-corrected chi connectivity index (χ1v) is 9.21. The van der Waals surface area contributed by atoms with Gasteiger partial charge in [-0.15, -0.1) is 0 Å². The lowest BCUT2D eigenvalue weighted by atomic mass is 10.1. The molecule has 2 aliphatic rings. The smallest absolute Gasteiger partial charge is 0.225 e. The molecule has 5 heteroatoms. The molecule has 0 N–H and O–H groups in total. The van der Waals surface area contributed by atoms with Gasteiger partial charge in [0.05, 0.1) is 0 Å². The highest BCUT2D eigenvalue weighted by Crippen LogP contribution is 2.19. The number of hydrogen-bond acceptors (Lipinski definition) is 5. The van der Waals surface area contributed by atoms with E-state index in [0.717, 1.165) is 38.7 Å². The summed E-state index contributed by atoms with van der Waals surface area (Å²) in [5.41, 5.74) is 1.24. The fourth-order valence-corrected chi connectivity index (χ4v) is 3.89. The van der Waals surface area contributed by atoms with E-state index in [1.54, 1.807) is 0 Å². The summed E-state index contributed by atoms with van der Waals surface area (Å²) in [7, 11) is 0. The highest BCUT2D eigenvalue weighted by molar-refractivity contribution is 5.30.